The molecule has 0 aliphatic heterocycles. The summed E-state index contributed by atoms with van der Waals surface area (Å²) >= 11 is 8.03. The topological polar surface area (TPSA) is 29.9 Å². The number of thioether (sulfide) groups is 1. The minimum atomic E-state index is 0.723. The summed E-state index contributed by atoms with van der Waals surface area (Å²) < 4.78 is 1.71. The molecule has 102 valence electrons. The second-order valence-corrected chi connectivity index (χ2v) is 5.84. The van der Waals surface area contributed by atoms with Gasteiger partial charge in [0.25, 0.3) is 0 Å². The Bertz CT molecular complexity index is 525. The molecule has 0 aliphatic carbocycles. The molecule has 3 nitrogen and oxygen atoms in total. The van der Waals surface area contributed by atoms with Crippen LogP contribution in [0.3, 0.4) is 0 Å². The summed E-state index contributed by atoms with van der Waals surface area (Å²) in [7, 11) is 1.87. The fourth-order valence-corrected chi connectivity index (χ4v) is 2.92. The Balaban J connectivity index is 1.72. The van der Waals surface area contributed by atoms with E-state index in [0.717, 1.165) is 35.3 Å². The summed E-state index contributed by atoms with van der Waals surface area (Å²) in [5, 5.41) is 8.43. The summed E-state index contributed by atoms with van der Waals surface area (Å²) in [4.78, 5) is 1.31. The summed E-state index contributed by atoms with van der Waals surface area (Å²) in [6, 6.07) is 10.4. The van der Waals surface area contributed by atoms with E-state index in [-0.39, 0.29) is 0 Å². The van der Waals surface area contributed by atoms with Gasteiger partial charge < -0.3 is 5.32 Å². The average molecular weight is 296 g/mol. The van der Waals surface area contributed by atoms with Crippen molar-refractivity contribution in [2.24, 2.45) is 7.05 Å². The Kier molecular flexibility index (Phi) is 5.31. The highest BCUT2D eigenvalue weighted by Crippen LogP contribution is 2.18. The van der Waals surface area contributed by atoms with E-state index >= 15 is 0 Å². The molecule has 0 amide bonds. The van der Waals surface area contributed by atoms with Crippen LogP contribution < -0.4 is 5.32 Å². The number of nitrogens with one attached hydrogen (secondary N) is 1. The first-order valence-corrected chi connectivity index (χ1v) is 7.61. The van der Waals surface area contributed by atoms with Crippen LogP contribution in [0.1, 0.15) is 11.3 Å². The van der Waals surface area contributed by atoms with Gasteiger partial charge in [0.05, 0.1) is 5.69 Å². The number of rotatable bonds is 6. The molecule has 2 aromatic rings. The van der Waals surface area contributed by atoms with Gasteiger partial charge in [-0.3, -0.25) is 4.68 Å². The van der Waals surface area contributed by atoms with Crippen LogP contribution in [-0.2, 0) is 13.6 Å². The molecule has 0 fully saturated rings. The maximum Gasteiger partial charge on any atom is 0.131 e. The minimum Gasteiger partial charge on any atom is -0.312 e. The van der Waals surface area contributed by atoms with Crippen LogP contribution in [0.15, 0.2) is 35.2 Å². The average Bonchev–Trinajstić information content (AvgIpc) is 2.65. The molecule has 5 heteroatoms. The molecule has 2 rings (SSSR count). The molecule has 0 atom stereocenters. The highest BCUT2D eigenvalue weighted by atomic mass is 35.5. The lowest BCUT2D eigenvalue weighted by Gasteiger charge is -2.05. The van der Waals surface area contributed by atoms with Crippen LogP contribution in [0.25, 0.3) is 0 Å². The van der Waals surface area contributed by atoms with Crippen LogP contribution in [0, 0.1) is 6.92 Å². The quantitative estimate of drug-likeness (QED) is 0.655. The van der Waals surface area contributed by atoms with Gasteiger partial charge in [0.2, 0.25) is 0 Å². The molecule has 0 bridgehead atoms. The molecule has 0 saturated heterocycles. The molecular weight excluding hydrogens is 278 g/mol. The van der Waals surface area contributed by atoms with Gasteiger partial charge in [-0.25, -0.2) is 0 Å². The van der Waals surface area contributed by atoms with Crippen LogP contribution in [0.5, 0.6) is 0 Å². The maximum absolute atomic E-state index is 6.18. The number of hydrogen-bond donors (Lipinski definition) is 1. The molecular formula is C14H18ClN3S. The third-order valence-electron chi connectivity index (χ3n) is 2.86. The van der Waals surface area contributed by atoms with Gasteiger partial charge in [0, 0.05) is 36.3 Å². The lowest BCUT2D eigenvalue weighted by atomic mass is 10.2. The van der Waals surface area contributed by atoms with Crippen LogP contribution in [-0.4, -0.2) is 22.1 Å². The summed E-state index contributed by atoms with van der Waals surface area (Å²) in [6.07, 6.45) is 0. The van der Waals surface area contributed by atoms with Crippen molar-refractivity contribution in [3.63, 3.8) is 0 Å². The zero-order valence-corrected chi connectivity index (χ0v) is 12.8. The van der Waals surface area contributed by atoms with Crippen molar-refractivity contribution in [2.45, 2.75) is 18.4 Å². The Morgan fingerprint density at radius 1 is 1.32 bits per heavy atom. The first-order chi connectivity index (χ1) is 9.18. The number of halogens is 1. The third-order valence-corrected chi connectivity index (χ3v) is 4.35. The smallest absolute Gasteiger partial charge is 0.131 e. The Morgan fingerprint density at radius 3 is 2.68 bits per heavy atom. The zero-order chi connectivity index (χ0) is 13.7. The first kappa shape index (κ1) is 14.4. The van der Waals surface area contributed by atoms with Gasteiger partial charge in [-0.1, -0.05) is 29.8 Å². The number of nitrogens with zero attached hydrogens (tertiary/aromatic N) is 2. The van der Waals surface area contributed by atoms with Gasteiger partial charge in [0.1, 0.15) is 5.15 Å². The second kappa shape index (κ2) is 6.98. The summed E-state index contributed by atoms with van der Waals surface area (Å²) in [5.74, 6) is 1.04. The Hall–Kier alpha value is -0.970. The fourth-order valence-electron chi connectivity index (χ4n) is 1.85. The van der Waals surface area contributed by atoms with Crippen molar-refractivity contribution < 1.29 is 0 Å². The highest BCUT2D eigenvalue weighted by Gasteiger charge is 2.09. The van der Waals surface area contributed by atoms with E-state index < -0.39 is 0 Å². The first-order valence-electron chi connectivity index (χ1n) is 6.25. The zero-order valence-electron chi connectivity index (χ0n) is 11.2. The lowest BCUT2D eigenvalue weighted by molar-refractivity contribution is 0.727. The summed E-state index contributed by atoms with van der Waals surface area (Å²) in [5.41, 5.74) is 2.09. The van der Waals surface area contributed by atoms with E-state index in [2.05, 4.69) is 34.7 Å². The highest BCUT2D eigenvalue weighted by molar-refractivity contribution is 7.99. The van der Waals surface area contributed by atoms with E-state index in [4.69, 9.17) is 11.6 Å². The summed E-state index contributed by atoms with van der Waals surface area (Å²) in [6.45, 7) is 3.71. The number of benzene rings is 1. The molecule has 0 radical (unpaired) electrons. The van der Waals surface area contributed by atoms with Crippen molar-refractivity contribution in [3.05, 3.63) is 46.7 Å². The van der Waals surface area contributed by atoms with Crippen LogP contribution >= 0.6 is 23.4 Å². The molecule has 1 N–H and O–H groups in total. The van der Waals surface area contributed by atoms with Gasteiger partial charge in [-0.15, -0.1) is 11.8 Å². The number of aromatic nitrogens is 2. The van der Waals surface area contributed by atoms with E-state index in [1.165, 1.54) is 4.90 Å². The molecule has 0 unspecified atom stereocenters. The number of hydrogen-bond acceptors (Lipinski definition) is 3. The standard InChI is InChI=1S/C14H18ClN3S/c1-11-13(14(15)18(2)17-11)10-16-8-9-19-12-6-4-3-5-7-12/h3-7,16H,8-10H2,1-2H3. The van der Waals surface area contributed by atoms with Gasteiger partial charge in [-0.2, -0.15) is 5.10 Å². The maximum atomic E-state index is 6.18. The molecule has 19 heavy (non-hydrogen) atoms. The van der Waals surface area contributed by atoms with Gasteiger partial charge >= 0.3 is 0 Å². The SMILES string of the molecule is Cc1nn(C)c(Cl)c1CNCCSc1ccccc1. The van der Waals surface area contributed by atoms with Crippen molar-refractivity contribution >= 4 is 23.4 Å². The minimum absolute atomic E-state index is 0.723. The second-order valence-electron chi connectivity index (χ2n) is 4.32. The fraction of sp³-hybridized carbons (Fsp3) is 0.357. The molecule has 1 aromatic carbocycles. The van der Waals surface area contributed by atoms with Crippen LogP contribution in [0.2, 0.25) is 5.15 Å². The Labute approximate surface area is 123 Å². The van der Waals surface area contributed by atoms with Crippen molar-refractivity contribution in [1.82, 2.24) is 15.1 Å². The molecule has 1 aromatic heterocycles. The van der Waals surface area contributed by atoms with E-state index in [9.17, 15) is 0 Å². The lowest BCUT2D eigenvalue weighted by Crippen LogP contribution is -2.17. The predicted octanol–water partition coefficient (Wildman–Crippen LogP) is 3.26. The third kappa shape index (κ3) is 4.00. The van der Waals surface area contributed by atoms with Crippen molar-refractivity contribution in [2.75, 3.05) is 12.3 Å². The van der Waals surface area contributed by atoms with Gasteiger partial charge in [0.15, 0.2) is 0 Å². The normalized spacial score (nSPS) is 10.9. The molecule has 1 heterocycles. The largest absolute Gasteiger partial charge is 0.312 e. The monoisotopic (exact) mass is 295 g/mol. The molecule has 0 spiro atoms. The van der Waals surface area contributed by atoms with E-state index in [1.54, 1.807) is 4.68 Å². The molecule has 0 aliphatic rings. The Morgan fingerprint density at radius 2 is 2.05 bits per heavy atom. The predicted molar refractivity (Wildman–Crippen MR) is 81.8 cm³/mol. The molecule has 0 saturated carbocycles. The van der Waals surface area contributed by atoms with Crippen molar-refractivity contribution in [3.8, 4) is 0 Å². The van der Waals surface area contributed by atoms with Gasteiger partial charge in [-0.05, 0) is 19.1 Å². The van der Waals surface area contributed by atoms with Crippen molar-refractivity contribution in [1.29, 1.82) is 0 Å². The van der Waals surface area contributed by atoms with E-state index in [1.807, 2.05) is 31.8 Å². The van der Waals surface area contributed by atoms with Crippen LogP contribution in [0.4, 0.5) is 0 Å². The van der Waals surface area contributed by atoms with E-state index in [0.29, 0.717) is 0 Å². The number of aryl methyl sites for hydroxylation is 2.